The maximum atomic E-state index is 6.07. The molecule has 3 heterocycles. The van der Waals surface area contributed by atoms with Gasteiger partial charge in [0.25, 0.3) is 0 Å². The summed E-state index contributed by atoms with van der Waals surface area (Å²) in [6, 6.07) is 3.98. The summed E-state index contributed by atoms with van der Waals surface area (Å²) in [5, 5.41) is 1.17. The van der Waals surface area contributed by atoms with E-state index in [2.05, 4.69) is 26.1 Å². The number of aromatic nitrogens is 2. The van der Waals surface area contributed by atoms with E-state index in [1.165, 1.54) is 16.5 Å². The molecule has 0 bridgehead atoms. The van der Waals surface area contributed by atoms with Crippen LogP contribution in [0.5, 0.6) is 0 Å². The van der Waals surface area contributed by atoms with E-state index < -0.39 is 0 Å². The number of pyridine rings is 1. The first kappa shape index (κ1) is 13.3. The average Bonchev–Trinajstić information content (AvgIpc) is 2.90. The summed E-state index contributed by atoms with van der Waals surface area (Å²) in [7, 11) is 0. The van der Waals surface area contributed by atoms with Crippen LogP contribution in [0, 0.1) is 0 Å². The minimum absolute atomic E-state index is 0.607. The number of rotatable bonds is 3. The lowest BCUT2D eigenvalue weighted by atomic mass is 10.1. The second-order valence-corrected chi connectivity index (χ2v) is 5.66. The van der Waals surface area contributed by atoms with Crippen LogP contribution >= 0.6 is 11.5 Å². The highest BCUT2D eigenvalue weighted by molar-refractivity contribution is 7.11. The maximum Gasteiger partial charge on any atom is 0.147 e. The van der Waals surface area contributed by atoms with E-state index in [9.17, 15) is 0 Å². The van der Waals surface area contributed by atoms with Gasteiger partial charge in [-0.05, 0) is 24.1 Å². The minimum Gasteiger partial charge on any atom is -0.382 e. The lowest BCUT2D eigenvalue weighted by molar-refractivity contribution is 0.271. The van der Waals surface area contributed by atoms with Crippen molar-refractivity contribution in [2.24, 2.45) is 0 Å². The molecule has 0 aliphatic carbocycles. The van der Waals surface area contributed by atoms with Gasteiger partial charge in [-0.2, -0.15) is 4.37 Å². The number of nitrogen functional groups attached to an aromatic ring is 1. The van der Waals surface area contributed by atoms with Gasteiger partial charge in [-0.3, -0.25) is 4.98 Å². The highest BCUT2D eigenvalue weighted by Gasteiger charge is 2.22. The maximum absolute atomic E-state index is 6.07. The number of nitrogens with two attached hydrogens (primary N) is 1. The largest absolute Gasteiger partial charge is 0.382 e. The first-order chi connectivity index (χ1) is 9.79. The molecule has 1 aliphatic rings. The third kappa shape index (κ3) is 2.48. The monoisotopic (exact) mass is 289 g/mol. The molecule has 0 radical (unpaired) electrons. The fraction of sp³-hybridized carbons (Fsp3) is 0.429. The van der Waals surface area contributed by atoms with Crippen molar-refractivity contribution in [3.63, 3.8) is 0 Å². The zero-order valence-corrected chi connectivity index (χ0v) is 12.4. The standard InChI is InChI=1S/C14H19N5S/c1-2-18-6-8-19(9-7-18)14-12(13(15)17-20-14)11-4-3-5-16-10-11/h3-5,10H,2,6-9H2,1H3,(H2,15,17). The molecule has 2 N–H and O–H groups in total. The van der Waals surface area contributed by atoms with Gasteiger partial charge in [0.15, 0.2) is 0 Å². The Morgan fingerprint density at radius 3 is 2.75 bits per heavy atom. The van der Waals surface area contributed by atoms with Crippen LogP contribution in [0.1, 0.15) is 6.92 Å². The summed E-state index contributed by atoms with van der Waals surface area (Å²) in [5.41, 5.74) is 8.15. The van der Waals surface area contributed by atoms with Crippen LogP contribution in [-0.4, -0.2) is 47.0 Å². The topological polar surface area (TPSA) is 58.3 Å². The molecule has 1 saturated heterocycles. The zero-order chi connectivity index (χ0) is 13.9. The normalized spacial score (nSPS) is 16.6. The van der Waals surface area contributed by atoms with Crippen molar-refractivity contribution >= 4 is 22.4 Å². The number of likely N-dealkylation sites (N-methyl/N-ethyl adjacent to an activating group) is 1. The number of anilines is 2. The van der Waals surface area contributed by atoms with Crippen LogP contribution in [0.25, 0.3) is 11.1 Å². The Morgan fingerprint density at radius 1 is 1.30 bits per heavy atom. The molecule has 2 aromatic heterocycles. The van der Waals surface area contributed by atoms with Gasteiger partial charge >= 0.3 is 0 Å². The molecule has 20 heavy (non-hydrogen) atoms. The molecule has 5 nitrogen and oxygen atoms in total. The molecule has 0 amide bonds. The van der Waals surface area contributed by atoms with E-state index in [-0.39, 0.29) is 0 Å². The van der Waals surface area contributed by atoms with Crippen LogP contribution < -0.4 is 10.6 Å². The molecule has 1 fully saturated rings. The zero-order valence-electron chi connectivity index (χ0n) is 11.6. The van der Waals surface area contributed by atoms with Crippen molar-refractivity contribution in [1.82, 2.24) is 14.3 Å². The fourth-order valence-corrected chi connectivity index (χ4v) is 3.45. The van der Waals surface area contributed by atoms with E-state index >= 15 is 0 Å². The summed E-state index contributed by atoms with van der Waals surface area (Å²) in [6.07, 6.45) is 3.63. The summed E-state index contributed by atoms with van der Waals surface area (Å²) in [5.74, 6) is 0.607. The SMILES string of the molecule is CCN1CCN(c2snc(N)c2-c2cccnc2)CC1. The van der Waals surface area contributed by atoms with Gasteiger partial charge in [0.05, 0.1) is 5.56 Å². The Bertz CT molecular complexity index is 560. The molecule has 6 heteroatoms. The van der Waals surface area contributed by atoms with Gasteiger partial charge in [0.2, 0.25) is 0 Å². The van der Waals surface area contributed by atoms with Crippen molar-refractivity contribution in [3.05, 3.63) is 24.5 Å². The predicted octanol–water partition coefficient (Wildman–Crippen LogP) is 1.93. The molecular formula is C14H19N5S. The van der Waals surface area contributed by atoms with Crippen molar-refractivity contribution in [2.75, 3.05) is 43.4 Å². The summed E-state index contributed by atoms with van der Waals surface area (Å²) < 4.78 is 4.34. The Labute approximate surface area is 123 Å². The molecule has 0 aromatic carbocycles. The number of hydrogen-bond acceptors (Lipinski definition) is 6. The van der Waals surface area contributed by atoms with Crippen LogP contribution in [0.15, 0.2) is 24.5 Å². The van der Waals surface area contributed by atoms with Gasteiger partial charge < -0.3 is 15.5 Å². The van der Waals surface area contributed by atoms with Crippen LogP contribution in [0.3, 0.4) is 0 Å². The minimum atomic E-state index is 0.607. The molecule has 106 valence electrons. The number of hydrogen-bond donors (Lipinski definition) is 1. The number of nitrogens with zero attached hydrogens (tertiary/aromatic N) is 4. The highest BCUT2D eigenvalue weighted by atomic mass is 32.1. The van der Waals surface area contributed by atoms with E-state index in [1.54, 1.807) is 6.20 Å². The Hall–Kier alpha value is -1.66. The van der Waals surface area contributed by atoms with Crippen molar-refractivity contribution < 1.29 is 0 Å². The smallest absolute Gasteiger partial charge is 0.147 e. The van der Waals surface area contributed by atoms with Crippen molar-refractivity contribution in [3.8, 4) is 11.1 Å². The average molecular weight is 289 g/mol. The van der Waals surface area contributed by atoms with Crippen LogP contribution in [-0.2, 0) is 0 Å². The van der Waals surface area contributed by atoms with E-state index in [0.717, 1.165) is 43.9 Å². The Kier molecular flexibility index (Phi) is 3.84. The summed E-state index contributed by atoms with van der Waals surface area (Å²) in [4.78, 5) is 9.04. The summed E-state index contributed by atoms with van der Waals surface area (Å²) in [6.45, 7) is 7.59. The molecule has 1 aliphatic heterocycles. The third-order valence-corrected chi connectivity index (χ3v) is 4.68. The second kappa shape index (κ2) is 5.76. The van der Waals surface area contributed by atoms with E-state index in [4.69, 9.17) is 5.73 Å². The van der Waals surface area contributed by atoms with Gasteiger partial charge in [-0.1, -0.05) is 13.0 Å². The molecule has 3 rings (SSSR count). The lowest BCUT2D eigenvalue weighted by Gasteiger charge is -2.34. The molecule has 0 atom stereocenters. The van der Waals surface area contributed by atoms with Crippen LogP contribution in [0.2, 0.25) is 0 Å². The van der Waals surface area contributed by atoms with E-state index in [0.29, 0.717) is 5.82 Å². The fourth-order valence-electron chi connectivity index (χ4n) is 2.56. The first-order valence-corrected chi connectivity index (χ1v) is 7.69. The highest BCUT2D eigenvalue weighted by Crippen LogP contribution is 2.39. The molecule has 2 aromatic rings. The van der Waals surface area contributed by atoms with Crippen molar-refractivity contribution in [2.45, 2.75) is 6.92 Å². The summed E-state index contributed by atoms with van der Waals surface area (Å²) >= 11 is 1.49. The van der Waals surface area contributed by atoms with Crippen molar-refractivity contribution in [1.29, 1.82) is 0 Å². The molecule has 0 unspecified atom stereocenters. The number of piperazine rings is 1. The second-order valence-electron chi connectivity index (χ2n) is 4.91. The van der Waals surface area contributed by atoms with Gasteiger partial charge in [-0.25, -0.2) is 0 Å². The predicted molar refractivity (Wildman–Crippen MR) is 84.1 cm³/mol. The lowest BCUT2D eigenvalue weighted by Crippen LogP contribution is -2.46. The van der Waals surface area contributed by atoms with Gasteiger partial charge in [0.1, 0.15) is 10.8 Å². The molecule has 0 saturated carbocycles. The van der Waals surface area contributed by atoms with Gasteiger partial charge in [0, 0.05) is 44.1 Å². The first-order valence-electron chi connectivity index (χ1n) is 6.92. The Balaban J connectivity index is 1.88. The van der Waals surface area contributed by atoms with Crippen LogP contribution in [0.4, 0.5) is 10.8 Å². The molecule has 0 spiro atoms. The van der Waals surface area contributed by atoms with Gasteiger partial charge in [-0.15, -0.1) is 0 Å². The molecular weight excluding hydrogens is 270 g/mol. The Morgan fingerprint density at radius 2 is 2.10 bits per heavy atom. The van der Waals surface area contributed by atoms with E-state index in [1.807, 2.05) is 18.3 Å². The quantitative estimate of drug-likeness (QED) is 0.935. The third-order valence-electron chi connectivity index (χ3n) is 3.76.